The van der Waals surface area contributed by atoms with E-state index in [1.807, 2.05) is 11.3 Å². The summed E-state index contributed by atoms with van der Waals surface area (Å²) in [4.78, 5) is 6.67. The zero-order valence-electron chi connectivity index (χ0n) is 14.0. The average molecular weight is 316 g/mol. The van der Waals surface area contributed by atoms with E-state index < -0.39 is 0 Å². The van der Waals surface area contributed by atoms with Crippen molar-refractivity contribution in [2.45, 2.75) is 65.7 Å². The van der Waals surface area contributed by atoms with Crippen molar-refractivity contribution >= 4 is 27.2 Å². The van der Waals surface area contributed by atoms with Crippen molar-refractivity contribution in [1.29, 1.82) is 0 Å². The van der Waals surface area contributed by atoms with Gasteiger partial charge in [0, 0.05) is 16.9 Å². The van der Waals surface area contributed by atoms with Crippen molar-refractivity contribution in [2.24, 2.45) is 11.3 Å². The maximum Gasteiger partial charge on any atom is 0.270 e. The highest BCUT2D eigenvalue weighted by Crippen LogP contribution is 2.43. The highest BCUT2D eigenvalue weighted by molar-refractivity contribution is 7.18. The first-order valence-electron chi connectivity index (χ1n) is 8.72. The molecular weight excluding hydrogens is 288 g/mol. The van der Waals surface area contributed by atoms with Crippen molar-refractivity contribution < 1.29 is 4.98 Å². The fourth-order valence-corrected chi connectivity index (χ4v) is 5.65. The lowest BCUT2D eigenvalue weighted by Gasteiger charge is -2.33. The highest BCUT2D eigenvalue weighted by atomic mass is 32.1. The van der Waals surface area contributed by atoms with Crippen LogP contribution in [0.25, 0.3) is 10.2 Å². The Labute approximate surface area is 137 Å². The summed E-state index contributed by atoms with van der Waals surface area (Å²) in [7, 11) is 0. The van der Waals surface area contributed by atoms with Crippen molar-refractivity contribution in [3.8, 4) is 0 Å². The average Bonchev–Trinajstić information content (AvgIpc) is 2.84. The lowest BCUT2D eigenvalue weighted by atomic mass is 9.71. The van der Waals surface area contributed by atoms with Crippen LogP contribution in [-0.2, 0) is 25.7 Å². The number of thiophene rings is 1. The molecule has 0 unspecified atom stereocenters. The van der Waals surface area contributed by atoms with E-state index in [0.29, 0.717) is 5.41 Å². The summed E-state index contributed by atoms with van der Waals surface area (Å²) in [6.07, 6.45) is 8.70. The number of hydrogen-bond donors (Lipinski definition) is 1. The van der Waals surface area contributed by atoms with Gasteiger partial charge in [0.25, 0.3) is 4.83 Å². The van der Waals surface area contributed by atoms with Gasteiger partial charge in [0.1, 0.15) is 0 Å². The van der Waals surface area contributed by atoms with E-state index in [-0.39, 0.29) is 0 Å². The molecule has 0 saturated carbocycles. The van der Waals surface area contributed by atoms with Crippen LogP contribution in [0.1, 0.15) is 61.7 Å². The minimum Gasteiger partial charge on any atom is -0.398 e. The third-order valence-electron chi connectivity index (χ3n) is 5.81. The zero-order chi connectivity index (χ0) is 15.5. The van der Waals surface area contributed by atoms with Gasteiger partial charge in [-0.3, -0.25) is 0 Å². The molecule has 22 heavy (non-hydrogen) atoms. The van der Waals surface area contributed by atoms with Crippen molar-refractivity contribution in [3.63, 3.8) is 0 Å². The molecule has 0 fully saturated rings. The molecule has 0 aliphatic heterocycles. The van der Waals surface area contributed by atoms with E-state index in [4.69, 9.17) is 5.73 Å². The molecule has 0 amide bonds. The summed E-state index contributed by atoms with van der Waals surface area (Å²) < 4.78 is 0. The lowest BCUT2D eigenvalue weighted by Crippen LogP contribution is -2.31. The molecule has 2 aliphatic carbocycles. The van der Waals surface area contributed by atoms with Crippen LogP contribution in [0.15, 0.2) is 0 Å². The predicted octanol–water partition coefficient (Wildman–Crippen LogP) is 4.33. The monoisotopic (exact) mass is 315 g/mol. The van der Waals surface area contributed by atoms with Crippen LogP contribution in [0.4, 0.5) is 5.69 Å². The van der Waals surface area contributed by atoms with Crippen LogP contribution in [-0.4, -0.2) is 0 Å². The van der Waals surface area contributed by atoms with Crippen LogP contribution >= 0.6 is 11.3 Å². The maximum atomic E-state index is 6.70. The van der Waals surface area contributed by atoms with Gasteiger partial charge in [-0.25, -0.2) is 0 Å². The summed E-state index contributed by atoms with van der Waals surface area (Å²) in [5, 5.41) is 1.37. The van der Waals surface area contributed by atoms with Crippen LogP contribution in [0.5, 0.6) is 0 Å². The molecule has 3 heteroatoms. The SMILES string of the molecule is CC(C)(C)[C@@H]1CCc2[nH+]c3sc4c(c3c(N)c2C1)CCCC4. The molecule has 2 nitrogen and oxygen atoms in total. The third kappa shape index (κ3) is 2.17. The molecule has 2 heterocycles. The number of anilines is 1. The quantitative estimate of drug-likeness (QED) is 0.772. The molecule has 118 valence electrons. The third-order valence-corrected chi connectivity index (χ3v) is 7.02. The second kappa shape index (κ2) is 4.95. The smallest absolute Gasteiger partial charge is 0.270 e. The number of nitrogens with two attached hydrogens (primary N) is 1. The first kappa shape index (κ1) is 14.5. The Morgan fingerprint density at radius 2 is 1.86 bits per heavy atom. The molecule has 3 N–H and O–H groups in total. The molecule has 2 aromatic heterocycles. The van der Waals surface area contributed by atoms with E-state index in [2.05, 4.69) is 25.8 Å². The first-order chi connectivity index (χ1) is 10.4. The summed E-state index contributed by atoms with van der Waals surface area (Å²) in [6.45, 7) is 7.11. The van der Waals surface area contributed by atoms with Gasteiger partial charge in [-0.1, -0.05) is 32.1 Å². The van der Waals surface area contributed by atoms with Gasteiger partial charge in [0.15, 0.2) is 5.69 Å². The topological polar surface area (TPSA) is 40.2 Å². The Morgan fingerprint density at radius 1 is 1.09 bits per heavy atom. The number of fused-ring (bicyclic) bond motifs is 4. The maximum absolute atomic E-state index is 6.70. The van der Waals surface area contributed by atoms with Gasteiger partial charge < -0.3 is 5.73 Å². The lowest BCUT2D eigenvalue weighted by molar-refractivity contribution is -0.356. The number of hydrogen-bond acceptors (Lipinski definition) is 2. The number of H-pyrrole nitrogens is 1. The van der Waals surface area contributed by atoms with E-state index in [0.717, 1.165) is 24.4 Å². The van der Waals surface area contributed by atoms with Crippen molar-refractivity contribution in [3.05, 3.63) is 21.7 Å². The standard InChI is InChI=1S/C19H26N2S/c1-19(2,3)11-8-9-14-13(10-11)17(20)16-12-6-4-5-7-15(12)22-18(16)21-14/h11H,4-10H2,1-3H3,(H2,20,21)/p+1/t11-/m1/s1. The van der Waals surface area contributed by atoms with Crippen LogP contribution in [0.2, 0.25) is 0 Å². The fraction of sp³-hybridized carbons (Fsp3) is 0.632. The minimum atomic E-state index is 0.368. The summed E-state index contributed by atoms with van der Waals surface area (Å²) in [6, 6.07) is 0. The number of aryl methyl sites for hydroxylation is 3. The van der Waals surface area contributed by atoms with Crippen molar-refractivity contribution in [1.82, 2.24) is 0 Å². The molecule has 0 bridgehead atoms. The molecule has 0 radical (unpaired) electrons. The number of nitrogen functional groups attached to an aromatic ring is 1. The fourth-order valence-electron chi connectivity index (χ4n) is 4.32. The first-order valence-corrected chi connectivity index (χ1v) is 9.53. The van der Waals surface area contributed by atoms with E-state index in [1.165, 1.54) is 53.6 Å². The van der Waals surface area contributed by atoms with Gasteiger partial charge in [-0.15, -0.1) is 0 Å². The highest BCUT2D eigenvalue weighted by Gasteiger charge is 2.34. The van der Waals surface area contributed by atoms with Crippen molar-refractivity contribution in [2.75, 3.05) is 5.73 Å². The normalized spacial score (nSPS) is 21.7. The molecule has 0 saturated heterocycles. The largest absolute Gasteiger partial charge is 0.398 e. The van der Waals surface area contributed by atoms with E-state index in [1.54, 1.807) is 10.4 Å². The molecular formula is C19H27N2S+. The van der Waals surface area contributed by atoms with Gasteiger partial charge in [-0.05, 0) is 55.4 Å². The molecule has 2 aromatic rings. The number of rotatable bonds is 0. The second-order valence-corrected chi connectivity index (χ2v) is 9.32. The molecule has 0 aromatic carbocycles. The summed E-state index contributed by atoms with van der Waals surface area (Å²) in [5.41, 5.74) is 12.5. The number of pyridine rings is 1. The summed E-state index contributed by atoms with van der Waals surface area (Å²) >= 11 is 1.96. The molecule has 4 rings (SSSR count). The Hall–Kier alpha value is -1.09. The Morgan fingerprint density at radius 3 is 2.64 bits per heavy atom. The van der Waals surface area contributed by atoms with Gasteiger partial charge in [-0.2, -0.15) is 4.98 Å². The van der Waals surface area contributed by atoms with Crippen LogP contribution in [0, 0.1) is 11.3 Å². The Bertz CT molecular complexity index is 736. The van der Waals surface area contributed by atoms with E-state index >= 15 is 0 Å². The number of nitrogens with one attached hydrogen (secondary N) is 1. The van der Waals surface area contributed by atoms with Gasteiger partial charge in [0.2, 0.25) is 0 Å². The van der Waals surface area contributed by atoms with E-state index in [9.17, 15) is 0 Å². The number of aromatic amines is 1. The molecule has 1 atom stereocenters. The molecule has 0 spiro atoms. The Balaban J connectivity index is 1.87. The van der Waals surface area contributed by atoms with Crippen LogP contribution < -0.4 is 10.7 Å². The van der Waals surface area contributed by atoms with Gasteiger partial charge >= 0.3 is 0 Å². The van der Waals surface area contributed by atoms with Gasteiger partial charge in [0.05, 0.1) is 11.1 Å². The minimum absolute atomic E-state index is 0.368. The number of aromatic nitrogens is 1. The van der Waals surface area contributed by atoms with Crippen LogP contribution in [0.3, 0.4) is 0 Å². The zero-order valence-corrected chi connectivity index (χ0v) is 14.8. The summed E-state index contributed by atoms with van der Waals surface area (Å²) in [5.74, 6) is 0.739. The predicted molar refractivity (Wildman–Crippen MR) is 94.4 cm³/mol. The second-order valence-electron chi connectivity index (χ2n) is 8.22. The Kier molecular flexibility index (Phi) is 3.26. The molecule has 2 aliphatic rings.